The van der Waals surface area contributed by atoms with Crippen molar-refractivity contribution in [3.05, 3.63) is 71.3 Å². The Balaban J connectivity index is 2.12. The van der Waals surface area contributed by atoms with Crippen molar-refractivity contribution in [2.24, 2.45) is 0 Å². The van der Waals surface area contributed by atoms with E-state index in [2.05, 4.69) is 11.2 Å². The number of terminal acetylenes is 1. The first-order valence-electron chi connectivity index (χ1n) is 7.13. The molecule has 1 amide bonds. The number of esters is 1. The predicted molar refractivity (Wildman–Crippen MR) is 87.8 cm³/mol. The molecule has 4 nitrogen and oxygen atoms in total. The molecule has 0 radical (unpaired) electrons. The van der Waals surface area contributed by atoms with Crippen LogP contribution in [0, 0.1) is 12.3 Å². The fraction of sp³-hybridized carbons (Fsp3) is 0.158. The van der Waals surface area contributed by atoms with Crippen LogP contribution < -0.4 is 5.32 Å². The lowest BCUT2D eigenvalue weighted by molar-refractivity contribution is -0.142. The zero-order chi connectivity index (χ0) is 16.7. The molecule has 2 aromatic carbocycles. The number of hydrogen-bond acceptors (Lipinski definition) is 3. The van der Waals surface area contributed by atoms with E-state index >= 15 is 0 Å². The molecule has 0 spiro atoms. The second-order valence-electron chi connectivity index (χ2n) is 4.96. The molecule has 0 aliphatic carbocycles. The van der Waals surface area contributed by atoms with Gasteiger partial charge in [0, 0.05) is 17.5 Å². The average molecular weight is 307 g/mol. The number of amides is 1. The second-order valence-corrected chi connectivity index (χ2v) is 4.96. The first-order chi connectivity index (χ1) is 11.1. The van der Waals surface area contributed by atoms with Crippen molar-refractivity contribution >= 4 is 11.9 Å². The van der Waals surface area contributed by atoms with Crippen LogP contribution in [0.25, 0.3) is 0 Å². The molecular weight excluding hydrogens is 290 g/mol. The van der Waals surface area contributed by atoms with Gasteiger partial charge in [-0.25, -0.2) is 4.79 Å². The van der Waals surface area contributed by atoms with Gasteiger partial charge in [-0.05, 0) is 29.8 Å². The zero-order valence-corrected chi connectivity index (χ0v) is 12.8. The van der Waals surface area contributed by atoms with E-state index in [-0.39, 0.29) is 5.91 Å². The fourth-order valence-corrected chi connectivity index (χ4v) is 2.14. The standard InChI is InChI=1S/C19H17NO3/c1-3-14-9-11-16(12-10-14)18(21)20-17(19(22)23-2)13-15-7-5-4-6-8-15/h1,4-12,17H,13H2,2H3,(H,20,21)/t17-/m1/s1. The van der Waals surface area contributed by atoms with E-state index in [0.29, 0.717) is 17.5 Å². The summed E-state index contributed by atoms with van der Waals surface area (Å²) in [5.74, 6) is 1.66. The highest BCUT2D eigenvalue weighted by atomic mass is 16.5. The van der Waals surface area contributed by atoms with Gasteiger partial charge in [0.25, 0.3) is 5.91 Å². The van der Waals surface area contributed by atoms with Gasteiger partial charge >= 0.3 is 5.97 Å². The highest BCUT2D eigenvalue weighted by Crippen LogP contribution is 2.07. The van der Waals surface area contributed by atoms with Gasteiger partial charge in [0.2, 0.25) is 0 Å². The first-order valence-corrected chi connectivity index (χ1v) is 7.13. The van der Waals surface area contributed by atoms with Crippen molar-refractivity contribution in [1.29, 1.82) is 0 Å². The van der Waals surface area contributed by atoms with Crippen molar-refractivity contribution in [3.8, 4) is 12.3 Å². The van der Waals surface area contributed by atoms with E-state index in [1.807, 2.05) is 30.3 Å². The third kappa shape index (κ3) is 4.45. The number of rotatable bonds is 5. The number of carbonyl (C=O) groups excluding carboxylic acids is 2. The summed E-state index contributed by atoms with van der Waals surface area (Å²) in [5.41, 5.74) is 2.06. The molecule has 2 rings (SSSR count). The van der Waals surface area contributed by atoms with Crippen LogP contribution in [-0.2, 0) is 16.0 Å². The number of methoxy groups -OCH3 is 1. The molecule has 0 saturated carbocycles. The highest BCUT2D eigenvalue weighted by Gasteiger charge is 2.22. The molecule has 0 heterocycles. The summed E-state index contributed by atoms with van der Waals surface area (Å²) in [4.78, 5) is 24.2. The molecule has 2 aromatic rings. The molecule has 0 fully saturated rings. The Kier molecular flexibility index (Phi) is 5.54. The lowest BCUT2D eigenvalue weighted by Gasteiger charge is -2.16. The van der Waals surface area contributed by atoms with E-state index in [4.69, 9.17) is 11.2 Å². The molecule has 0 aliphatic rings. The van der Waals surface area contributed by atoms with Crippen molar-refractivity contribution in [3.63, 3.8) is 0 Å². The van der Waals surface area contributed by atoms with E-state index in [1.54, 1.807) is 24.3 Å². The minimum Gasteiger partial charge on any atom is -0.467 e. The Labute approximate surface area is 135 Å². The van der Waals surface area contributed by atoms with Crippen molar-refractivity contribution in [1.82, 2.24) is 5.32 Å². The normalized spacial score (nSPS) is 11.1. The smallest absolute Gasteiger partial charge is 0.328 e. The Morgan fingerprint density at radius 2 is 1.78 bits per heavy atom. The minimum atomic E-state index is -0.748. The number of hydrogen-bond donors (Lipinski definition) is 1. The summed E-state index contributed by atoms with van der Waals surface area (Å²) in [6.07, 6.45) is 5.65. The van der Waals surface area contributed by atoms with Crippen LogP contribution in [0.2, 0.25) is 0 Å². The Morgan fingerprint density at radius 1 is 1.13 bits per heavy atom. The molecule has 116 valence electrons. The minimum absolute atomic E-state index is 0.347. The van der Waals surface area contributed by atoms with Gasteiger partial charge in [0.15, 0.2) is 0 Å². The van der Waals surface area contributed by atoms with Crippen LogP contribution >= 0.6 is 0 Å². The molecule has 23 heavy (non-hydrogen) atoms. The number of benzene rings is 2. The third-order valence-corrected chi connectivity index (χ3v) is 3.39. The van der Waals surface area contributed by atoms with Gasteiger partial charge in [-0.15, -0.1) is 6.42 Å². The molecule has 4 heteroatoms. The van der Waals surface area contributed by atoms with E-state index in [0.717, 1.165) is 5.56 Å². The van der Waals surface area contributed by atoms with Gasteiger partial charge in [-0.1, -0.05) is 36.3 Å². The first kappa shape index (κ1) is 16.3. The topological polar surface area (TPSA) is 55.4 Å². The number of ether oxygens (including phenoxy) is 1. The largest absolute Gasteiger partial charge is 0.467 e. The van der Waals surface area contributed by atoms with Crippen LogP contribution in [-0.4, -0.2) is 25.0 Å². The van der Waals surface area contributed by atoms with Crippen LogP contribution in [0.15, 0.2) is 54.6 Å². The maximum absolute atomic E-state index is 12.3. The lowest BCUT2D eigenvalue weighted by atomic mass is 10.1. The monoisotopic (exact) mass is 307 g/mol. The van der Waals surface area contributed by atoms with Crippen molar-refractivity contribution < 1.29 is 14.3 Å². The molecule has 0 saturated heterocycles. The van der Waals surface area contributed by atoms with Crippen LogP contribution in [0.1, 0.15) is 21.5 Å². The average Bonchev–Trinajstić information content (AvgIpc) is 2.61. The van der Waals surface area contributed by atoms with Crippen molar-refractivity contribution in [2.45, 2.75) is 12.5 Å². The third-order valence-electron chi connectivity index (χ3n) is 3.39. The van der Waals surface area contributed by atoms with Gasteiger partial charge in [0.05, 0.1) is 7.11 Å². The quantitative estimate of drug-likeness (QED) is 0.680. The number of carbonyl (C=O) groups is 2. The summed E-state index contributed by atoms with van der Waals surface area (Å²) in [6, 6.07) is 15.3. The zero-order valence-electron chi connectivity index (χ0n) is 12.8. The molecule has 1 atom stereocenters. The van der Waals surface area contributed by atoms with E-state index in [9.17, 15) is 9.59 Å². The van der Waals surface area contributed by atoms with Crippen molar-refractivity contribution in [2.75, 3.05) is 7.11 Å². The summed E-state index contributed by atoms with van der Waals surface area (Å²) < 4.78 is 4.78. The summed E-state index contributed by atoms with van der Waals surface area (Å²) in [7, 11) is 1.30. The van der Waals surface area contributed by atoms with Gasteiger partial charge in [-0.3, -0.25) is 4.79 Å². The van der Waals surface area contributed by atoms with Crippen LogP contribution in [0.3, 0.4) is 0 Å². The maximum atomic E-state index is 12.3. The summed E-state index contributed by atoms with van der Waals surface area (Å²) >= 11 is 0. The predicted octanol–water partition coefficient (Wildman–Crippen LogP) is 2.18. The van der Waals surface area contributed by atoms with E-state index < -0.39 is 12.0 Å². The molecule has 0 bridgehead atoms. The molecule has 0 aromatic heterocycles. The molecule has 1 N–H and O–H groups in total. The van der Waals surface area contributed by atoms with E-state index in [1.165, 1.54) is 7.11 Å². The Morgan fingerprint density at radius 3 is 2.35 bits per heavy atom. The maximum Gasteiger partial charge on any atom is 0.328 e. The molecular formula is C19H17NO3. The van der Waals surface area contributed by atoms with Gasteiger partial charge in [-0.2, -0.15) is 0 Å². The van der Waals surface area contributed by atoms with Gasteiger partial charge < -0.3 is 10.1 Å². The SMILES string of the molecule is C#Cc1ccc(C(=O)N[C@H](Cc2ccccc2)C(=O)OC)cc1. The molecule has 0 aliphatic heterocycles. The van der Waals surface area contributed by atoms with Gasteiger partial charge in [0.1, 0.15) is 6.04 Å². The number of nitrogens with one attached hydrogen (secondary N) is 1. The highest BCUT2D eigenvalue weighted by molar-refractivity contribution is 5.96. The lowest BCUT2D eigenvalue weighted by Crippen LogP contribution is -2.43. The Hall–Kier alpha value is -3.06. The summed E-state index contributed by atoms with van der Waals surface area (Å²) in [5, 5.41) is 2.70. The molecule has 0 unspecified atom stereocenters. The summed E-state index contributed by atoms with van der Waals surface area (Å²) in [6.45, 7) is 0. The second kappa shape index (κ2) is 7.81. The van der Waals surface area contributed by atoms with Crippen LogP contribution in [0.4, 0.5) is 0 Å². The van der Waals surface area contributed by atoms with Crippen LogP contribution in [0.5, 0.6) is 0 Å². The Bertz CT molecular complexity index is 715. The fourth-order valence-electron chi connectivity index (χ4n) is 2.14.